The van der Waals surface area contributed by atoms with Crippen LogP contribution in [0, 0.1) is 5.92 Å². The first-order chi connectivity index (χ1) is 9.69. The van der Waals surface area contributed by atoms with Gasteiger partial charge in [0.25, 0.3) is 0 Å². The van der Waals surface area contributed by atoms with Crippen LogP contribution in [0.1, 0.15) is 51.9 Å². The summed E-state index contributed by atoms with van der Waals surface area (Å²) in [6.45, 7) is 3.35. The van der Waals surface area contributed by atoms with Crippen LogP contribution in [-0.4, -0.2) is 49.7 Å². The van der Waals surface area contributed by atoms with Crippen molar-refractivity contribution in [1.29, 1.82) is 0 Å². The zero-order chi connectivity index (χ0) is 14.4. The van der Waals surface area contributed by atoms with Crippen LogP contribution in [0.25, 0.3) is 0 Å². The number of nitrogens with one attached hydrogen (secondary N) is 1. The van der Waals surface area contributed by atoms with Gasteiger partial charge in [-0.2, -0.15) is 0 Å². The molecule has 20 heavy (non-hydrogen) atoms. The zero-order valence-corrected chi connectivity index (χ0v) is 13.0. The number of hydrogen-bond donors (Lipinski definition) is 2. The number of methoxy groups -OCH3 is 1. The number of aliphatic hydroxyl groups is 1. The minimum Gasteiger partial charge on any atom is -0.389 e. The number of aliphatic hydroxyl groups excluding tert-OH is 1. The van der Waals surface area contributed by atoms with Gasteiger partial charge < -0.3 is 19.9 Å². The molecule has 0 aliphatic heterocycles. The SMILES string of the molecule is COC1CCC(NCC(O)COC2CCCCC2C)C1. The maximum absolute atomic E-state index is 10.0. The van der Waals surface area contributed by atoms with Crippen molar-refractivity contribution >= 4 is 0 Å². The van der Waals surface area contributed by atoms with E-state index in [1.807, 2.05) is 0 Å². The molecule has 118 valence electrons. The van der Waals surface area contributed by atoms with Crippen molar-refractivity contribution in [3.05, 3.63) is 0 Å². The molecule has 0 radical (unpaired) electrons. The maximum atomic E-state index is 10.0. The van der Waals surface area contributed by atoms with Crippen LogP contribution >= 0.6 is 0 Å². The molecule has 5 unspecified atom stereocenters. The average Bonchev–Trinajstić information content (AvgIpc) is 2.92. The predicted molar refractivity (Wildman–Crippen MR) is 79.8 cm³/mol. The lowest BCUT2D eigenvalue weighted by Gasteiger charge is -2.29. The van der Waals surface area contributed by atoms with E-state index in [0.29, 0.717) is 37.3 Å². The fraction of sp³-hybridized carbons (Fsp3) is 1.00. The summed E-state index contributed by atoms with van der Waals surface area (Å²) in [7, 11) is 1.78. The van der Waals surface area contributed by atoms with Gasteiger partial charge in [-0.3, -0.25) is 0 Å². The summed E-state index contributed by atoms with van der Waals surface area (Å²) >= 11 is 0. The molecule has 2 fully saturated rings. The van der Waals surface area contributed by atoms with E-state index in [2.05, 4.69) is 12.2 Å². The van der Waals surface area contributed by atoms with Crippen LogP contribution < -0.4 is 5.32 Å². The van der Waals surface area contributed by atoms with E-state index in [4.69, 9.17) is 9.47 Å². The van der Waals surface area contributed by atoms with Crippen LogP contribution in [0.15, 0.2) is 0 Å². The van der Waals surface area contributed by atoms with Gasteiger partial charge in [-0.05, 0) is 38.0 Å². The van der Waals surface area contributed by atoms with E-state index in [-0.39, 0.29) is 0 Å². The number of ether oxygens (including phenoxy) is 2. The van der Waals surface area contributed by atoms with E-state index in [0.717, 1.165) is 25.7 Å². The Morgan fingerprint density at radius 1 is 1.20 bits per heavy atom. The van der Waals surface area contributed by atoms with Crippen molar-refractivity contribution in [2.45, 2.75) is 76.2 Å². The summed E-state index contributed by atoms with van der Waals surface area (Å²) in [6.07, 6.45) is 8.68. The first-order valence-corrected chi connectivity index (χ1v) is 8.25. The molecule has 4 heteroatoms. The van der Waals surface area contributed by atoms with Gasteiger partial charge in [0.05, 0.1) is 24.9 Å². The van der Waals surface area contributed by atoms with Crippen molar-refractivity contribution in [2.24, 2.45) is 5.92 Å². The Kier molecular flexibility index (Phi) is 6.75. The first kappa shape index (κ1) is 16.2. The topological polar surface area (TPSA) is 50.7 Å². The smallest absolute Gasteiger partial charge is 0.0897 e. The monoisotopic (exact) mass is 285 g/mol. The molecule has 0 aromatic heterocycles. The lowest BCUT2D eigenvalue weighted by Crippen LogP contribution is -2.38. The minimum atomic E-state index is -0.397. The van der Waals surface area contributed by atoms with Crippen molar-refractivity contribution in [3.8, 4) is 0 Å². The van der Waals surface area contributed by atoms with Crippen LogP contribution in [0.3, 0.4) is 0 Å². The highest BCUT2D eigenvalue weighted by Gasteiger charge is 2.25. The molecule has 4 nitrogen and oxygen atoms in total. The third kappa shape index (κ3) is 4.99. The molecule has 0 bridgehead atoms. The summed E-state index contributed by atoms with van der Waals surface area (Å²) in [5.41, 5.74) is 0. The van der Waals surface area contributed by atoms with Crippen LogP contribution in [0.2, 0.25) is 0 Å². The minimum absolute atomic E-state index is 0.350. The van der Waals surface area contributed by atoms with Gasteiger partial charge in [-0.25, -0.2) is 0 Å². The summed E-state index contributed by atoms with van der Waals surface area (Å²) in [5, 5.41) is 13.5. The molecule has 5 atom stereocenters. The number of hydrogen-bond acceptors (Lipinski definition) is 4. The fourth-order valence-corrected chi connectivity index (χ4v) is 3.47. The van der Waals surface area contributed by atoms with E-state index in [1.54, 1.807) is 7.11 Å². The summed E-state index contributed by atoms with van der Waals surface area (Å²) in [6, 6.07) is 0.489. The molecule has 0 heterocycles. The molecule has 2 rings (SSSR count). The molecule has 2 N–H and O–H groups in total. The van der Waals surface area contributed by atoms with Gasteiger partial charge in [-0.1, -0.05) is 19.8 Å². The lowest BCUT2D eigenvalue weighted by molar-refractivity contribution is -0.0456. The lowest BCUT2D eigenvalue weighted by atomic mass is 9.88. The van der Waals surface area contributed by atoms with Gasteiger partial charge in [0.2, 0.25) is 0 Å². The predicted octanol–water partition coefficient (Wildman–Crippen LogP) is 2.10. The highest BCUT2D eigenvalue weighted by atomic mass is 16.5. The third-order valence-corrected chi connectivity index (χ3v) is 4.90. The van der Waals surface area contributed by atoms with Crippen molar-refractivity contribution in [2.75, 3.05) is 20.3 Å². The molecular weight excluding hydrogens is 254 g/mol. The van der Waals surface area contributed by atoms with Crippen LogP contribution in [0.4, 0.5) is 0 Å². The maximum Gasteiger partial charge on any atom is 0.0897 e. The van der Waals surface area contributed by atoms with Gasteiger partial charge >= 0.3 is 0 Å². The zero-order valence-electron chi connectivity index (χ0n) is 13.0. The average molecular weight is 285 g/mol. The highest BCUT2D eigenvalue weighted by Crippen LogP contribution is 2.26. The number of rotatable bonds is 7. The normalized spacial score (nSPS) is 36.1. The Balaban J connectivity index is 1.57. The Morgan fingerprint density at radius 3 is 2.70 bits per heavy atom. The van der Waals surface area contributed by atoms with Gasteiger partial charge in [0.1, 0.15) is 0 Å². The third-order valence-electron chi connectivity index (χ3n) is 4.90. The summed E-state index contributed by atoms with van der Waals surface area (Å²) in [5.74, 6) is 0.640. The van der Waals surface area contributed by atoms with E-state index in [1.165, 1.54) is 19.3 Å². The molecule has 0 aromatic carbocycles. The molecule has 0 spiro atoms. The van der Waals surface area contributed by atoms with E-state index in [9.17, 15) is 5.11 Å². The van der Waals surface area contributed by atoms with Gasteiger partial charge in [0.15, 0.2) is 0 Å². The molecule has 0 amide bonds. The van der Waals surface area contributed by atoms with Crippen LogP contribution in [-0.2, 0) is 9.47 Å². The first-order valence-electron chi connectivity index (χ1n) is 8.25. The second-order valence-corrected chi connectivity index (χ2v) is 6.56. The van der Waals surface area contributed by atoms with Crippen molar-refractivity contribution in [3.63, 3.8) is 0 Å². The molecule has 2 saturated carbocycles. The second kappa shape index (κ2) is 8.32. The Bertz CT molecular complexity index is 274. The largest absolute Gasteiger partial charge is 0.389 e. The summed E-state index contributed by atoms with van der Waals surface area (Å²) < 4.78 is 11.3. The molecular formula is C16H31NO3. The quantitative estimate of drug-likeness (QED) is 0.752. The Morgan fingerprint density at radius 2 is 2.00 bits per heavy atom. The molecule has 2 aliphatic carbocycles. The highest BCUT2D eigenvalue weighted by molar-refractivity contribution is 4.82. The second-order valence-electron chi connectivity index (χ2n) is 6.56. The Hall–Kier alpha value is -0.160. The van der Waals surface area contributed by atoms with E-state index < -0.39 is 6.10 Å². The fourth-order valence-electron chi connectivity index (χ4n) is 3.47. The Labute approximate surface area is 123 Å². The standard InChI is InChI=1S/C16H31NO3/c1-12-5-3-4-6-16(12)20-11-14(18)10-17-13-7-8-15(9-13)19-2/h12-18H,3-11H2,1-2H3. The molecule has 2 aliphatic rings. The van der Waals surface area contributed by atoms with Gasteiger partial charge in [-0.15, -0.1) is 0 Å². The van der Waals surface area contributed by atoms with Crippen molar-refractivity contribution in [1.82, 2.24) is 5.32 Å². The molecule has 0 aromatic rings. The van der Waals surface area contributed by atoms with Crippen molar-refractivity contribution < 1.29 is 14.6 Å². The summed E-state index contributed by atoms with van der Waals surface area (Å²) in [4.78, 5) is 0. The van der Waals surface area contributed by atoms with E-state index >= 15 is 0 Å². The van der Waals surface area contributed by atoms with Crippen LogP contribution in [0.5, 0.6) is 0 Å². The van der Waals surface area contributed by atoms with Gasteiger partial charge in [0, 0.05) is 19.7 Å². The molecule has 0 saturated heterocycles.